The first kappa shape index (κ1) is 34.9. The lowest BCUT2D eigenvalue weighted by Gasteiger charge is -2.43. The Morgan fingerprint density at radius 2 is 1.63 bits per heavy atom. The van der Waals surface area contributed by atoms with Crippen molar-refractivity contribution in [2.24, 2.45) is 0 Å². The van der Waals surface area contributed by atoms with E-state index in [-0.39, 0.29) is 18.2 Å². The van der Waals surface area contributed by atoms with Crippen molar-refractivity contribution >= 4 is 43.7 Å². The molecule has 1 amide bonds. The molecule has 1 aromatic heterocycles. The number of carbonyl (C=O) groups excluding carboxylic acids is 3. The van der Waals surface area contributed by atoms with E-state index >= 15 is 0 Å². The second-order valence-electron chi connectivity index (χ2n) is 12.8. The Kier molecular flexibility index (Phi) is 12.1. The standard InChI is InChI=1S/C27H48N4O8SSi/c1-18(38-25(34)19(2)37-20(3)32)24(33)31(26(4,5)6)16-21(39-41(10,11)27(7,8)9)17-36-23-22(28-40-29-23)30-12-14-35-15-13-30/h18-19,21H,12-17H2,1-11H3/t18-,19-,21-/m0/s1. The van der Waals surface area contributed by atoms with Gasteiger partial charge in [0, 0.05) is 32.1 Å². The first-order valence-corrected chi connectivity index (χ1v) is 17.6. The summed E-state index contributed by atoms with van der Waals surface area (Å²) < 4.78 is 37.6. The molecule has 12 nitrogen and oxygen atoms in total. The molecule has 1 aromatic rings. The molecule has 1 fully saturated rings. The summed E-state index contributed by atoms with van der Waals surface area (Å²) in [5, 5.41) is -0.0847. The summed E-state index contributed by atoms with van der Waals surface area (Å²) in [5.41, 5.74) is -0.630. The number of morpholine rings is 1. The van der Waals surface area contributed by atoms with Crippen LogP contribution in [0, 0.1) is 0 Å². The molecule has 0 spiro atoms. The second-order valence-corrected chi connectivity index (χ2v) is 18.0. The number of carbonyl (C=O) groups is 3. The van der Waals surface area contributed by atoms with Gasteiger partial charge in [-0.25, -0.2) is 4.79 Å². The van der Waals surface area contributed by atoms with Crippen LogP contribution in [0.3, 0.4) is 0 Å². The number of rotatable bonds is 12. The topological polar surface area (TPSA) is 130 Å². The fourth-order valence-corrected chi connectivity index (χ4v) is 5.71. The molecular formula is C27H48N4O8SSi. The summed E-state index contributed by atoms with van der Waals surface area (Å²) in [6.45, 7) is 23.5. The molecule has 234 valence electrons. The lowest BCUT2D eigenvalue weighted by Crippen LogP contribution is -2.56. The summed E-state index contributed by atoms with van der Waals surface area (Å²) in [4.78, 5) is 41.1. The van der Waals surface area contributed by atoms with Gasteiger partial charge >= 0.3 is 11.9 Å². The molecule has 1 aliphatic rings. The highest BCUT2D eigenvalue weighted by molar-refractivity contribution is 6.99. The van der Waals surface area contributed by atoms with E-state index in [9.17, 15) is 14.4 Å². The van der Waals surface area contributed by atoms with Gasteiger partial charge in [-0.2, -0.15) is 4.37 Å². The van der Waals surface area contributed by atoms with Crippen LogP contribution in [0.15, 0.2) is 0 Å². The quantitative estimate of drug-likeness (QED) is 0.252. The lowest BCUT2D eigenvalue weighted by atomic mass is 10.0. The Hall–Kier alpha value is -2.29. The van der Waals surface area contributed by atoms with Gasteiger partial charge in [0.15, 0.2) is 20.5 Å². The van der Waals surface area contributed by atoms with E-state index in [0.717, 1.165) is 11.7 Å². The monoisotopic (exact) mass is 616 g/mol. The molecule has 0 saturated carbocycles. The van der Waals surface area contributed by atoms with Crippen LogP contribution in [0.1, 0.15) is 62.3 Å². The summed E-state index contributed by atoms with van der Waals surface area (Å²) in [6, 6.07) is 0. The first-order chi connectivity index (χ1) is 18.8. The molecule has 41 heavy (non-hydrogen) atoms. The smallest absolute Gasteiger partial charge is 0.347 e. The van der Waals surface area contributed by atoms with E-state index < -0.39 is 50.0 Å². The first-order valence-electron chi connectivity index (χ1n) is 14.0. The van der Waals surface area contributed by atoms with Gasteiger partial charge < -0.3 is 33.2 Å². The van der Waals surface area contributed by atoms with Gasteiger partial charge in [0.25, 0.3) is 11.8 Å². The molecule has 2 rings (SSSR count). The predicted octanol–water partition coefficient (Wildman–Crippen LogP) is 3.65. The maximum absolute atomic E-state index is 13.7. The van der Waals surface area contributed by atoms with Crippen molar-refractivity contribution in [1.29, 1.82) is 0 Å². The van der Waals surface area contributed by atoms with Crippen LogP contribution < -0.4 is 9.64 Å². The summed E-state index contributed by atoms with van der Waals surface area (Å²) in [5.74, 6) is -0.692. The van der Waals surface area contributed by atoms with Crippen LogP contribution >= 0.6 is 11.7 Å². The molecule has 0 unspecified atom stereocenters. The van der Waals surface area contributed by atoms with E-state index in [4.69, 9.17) is 23.4 Å². The normalized spacial score (nSPS) is 16.9. The van der Waals surface area contributed by atoms with Gasteiger partial charge in [-0.05, 0) is 52.8 Å². The number of hydrogen-bond donors (Lipinski definition) is 0. The zero-order valence-corrected chi connectivity index (χ0v) is 28.3. The van der Waals surface area contributed by atoms with Crippen LogP contribution in [0.25, 0.3) is 0 Å². The number of anilines is 1. The van der Waals surface area contributed by atoms with Crippen molar-refractivity contribution in [3.63, 3.8) is 0 Å². The van der Waals surface area contributed by atoms with Gasteiger partial charge in [-0.1, -0.05) is 20.8 Å². The third-order valence-corrected chi connectivity index (χ3v) is 12.2. The summed E-state index contributed by atoms with van der Waals surface area (Å²) in [7, 11) is -2.29. The van der Waals surface area contributed by atoms with Gasteiger partial charge in [0.1, 0.15) is 6.61 Å². The highest BCUT2D eigenvalue weighted by Crippen LogP contribution is 2.38. The number of hydrogen-bond acceptors (Lipinski definition) is 12. The maximum Gasteiger partial charge on any atom is 0.347 e. The molecule has 2 heterocycles. The van der Waals surface area contributed by atoms with Crippen LogP contribution in [0.4, 0.5) is 5.82 Å². The van der Waals surface area contributed by atoms with Gasteiger partial charge in [-0.15, -0.1) is 4.37 Å². The number of nitrogens with zero attached hydrogens (tertiary/aromatic N) is 4. The van der Waals surface area contributed by atoms with E-state index in [2.05, 4.69) is 47.5 Å². The van der Waals surface area contributed by atoms with Crippen LogP contribution in [-0.4, -0.2) is 103 Å². The molecule has 0 bridgehead atoms. The molecule has 1 saturated heterocycles. The highest BCUT2D eigenvalue weighted by Gasteiger charge is 2.42. The van der Waals surface area contributed by atoms with E-state index in [1.165, 1.54) is 20.8 Å². The largest absolute Gasteiger partial charge is 0.472 e. The molecule has 0 radical (unpaired) electrons. The minimum absolute atomic E-state index is 0.0847. The average Bonchev–Trinajstić information content (AvgIpc) is 3.32. The highest BCUT2D eigenvalue weighted by atomic mass is 32.1. The Morgan fingerprint density at radius 1 is 1.02 bits per heavy atom. The van der Waals surface area contributed by atoms with Crippen LogP contribution in [0.2, 0.25) is 18.1 Å². The van der Waals surface area contributed by atoms with E-state index in [1.54, 1.807) is 4.90 Å². The van der Waals surface area contributed by atoms with Crippen molar-refractivity contribution in [3.8, 4) is 5.88 Å². The van der Waals surface area contributed by atoms with E-state index in [0.29, 0.717) is 38.0 Å². The molecule has 0 N–H and O–H groups in total. The molecule has 14 heteroatoms. The Morgan fingerprint density at radius 3 is 2.17 bits per heavy atom. The van der Waals surface area contributed by atoms with Crippen LogP contribution in [-0.2, 0) is 33.0 Å². The number of ether oxygens (including phenoxy) is 4. The fraction of sp³-hybridized carbons (Fsp3) is 0.815. The van der Waals surface area contributed by atoms with Crippen molar-refractivity contribution in [2.45, 2.75) is 104 Å². The van der Waals surface area contributed by atoms with Crippen molar-refractivity contribution < 1.29 is 37.8 Å². The van der Waals surface area contributed by atoms with Crippen molar-refractivity contribution in [3.05, 3.63) is 0 Å². The van der Waals surface area contributed by atoms with Crippen molar-refractivity contribution in [1.82, 2.24) is 13.6 Å². The predicted molar refractivity (Wildman–Crippen MR) is 159 cm³/mol. The van der Waals surface area contributed by atoms with Gasteiger partial charge in [0.2, 0.25) is 5.82 Å². The Bertz CT molecular complexity index is 1030. The van der Waals surface area contributed by atoms with E-state index in [1.807, 2.05) is 20.8 Å². The summed E-state index contributed by atoms with van der Waals surface area (Å²) >= 11 is 1.08. The number of amides is 1. The molecular weight excluding hydrogens is 568 g/mol. The number of aromatic nitrogens is 2. The minimum atomic E-state index is -2.29. The van der Waals surface area contributed by atoms with Crippen LogP contribution in [0.5, 0.6) is 5.88 Å². The molecule has 3 atom stereocenters. The molecule has 0 aromatic carbocycles. The molecule has 1 aliphatic heterocycles. The minimum Gasteiger partial charge on any atom is -0.472 e. The zero-order valence-electron chi connectivity index (χ0n) is 26.4. The molecule has 0 aliphatic carbocycles. The van der Waals surface area contributed by atoms with Gasteiger partial charge in [-0.3, -0.25) is 9.59 Å². The average molecular weight is 617 g/mol. The Balaban J connectivity index is 2.27. The fourth-order valence-electron chi connectivity index (χ4n) is 3.86. The second kappa shape index (κ2) is 14.3. The third kappa shape index (κ3) is 10.2. The zero-order chi connectivity index (χ0) is 31.2. The Labute approximate surface area is 249 Å². The van der Waals surface area contributed by atoms with Gasteiger partial charge in [0.05, 0.1) is 31.0 Å². The number of esters is 2. The lowest BCUT2D eigenvalue weighted by molar-refractivity contribution is -0.174. The maximum atomic E-state index is 13.7. The summed E-state index contributed by atoms with van der Waals surface area (Å²) in [6.07, 6.45) is -2.73. The van der Waals surface area contributed by atoms with Crippen molar-refractivity contribution in [2.75, 3.05) is 44.4 Å². The SMILES string of the molecule is CC(=O)O[C@@H](C)C(=O)O[C@@H](C)C(=O)N(C[C@@H](COc1nsnc1N1CCOCC1)O[Si](C)(C)C(C)(C)C)C(C)(C)C. The third-order valence-electron chi connectivity index (χ3n) is 7.20.